The van der Waals surface area contributed by atoms with Gasteiger partial charge in [0.25, 0.3) is 0 Å². The molecule has 0 rings (SSSR count). The molecule has 0 aromatic heterocycles. The average molecular weight is 167 g/mol. The monoisotopic (exact) mass is 167 g/mol. The Morgan fingerprint density at radius 2 is 1.67 bits per heavy atom. The van der Waals surface area contributed by atoms with E-state index in [2.05, 4.69) is 13.0 Å². The van der Waals surface area contributed by atoms with Crippen molar-refractivity contribution in [2.45, 2.75) is 58.8 Å². The molecular formula is C11H21N. The van der Waals surface area contributed by atoms with Crippen LogP contribution >= 0.6 is 0 Å². The van der Waals surface area contributed by atoms with E-state index in [9.17, 15) is 0 Å². The van der Waals surface area contributed by atoms with Gasteiger partial charge in [0.05, 0.1) is 6.07 Å². The summed E-state index contributed by atoms with van der Waals surface area (Å²) in [5.41, 5.74) is 0. The van der Waals surface area contributed by atoms with Crippen LogP contribution in [0, 0.1) is 17.2 Å². The molecule has 1 nitrogen and oxygen atoms in total. The highest BCUT2D eigenvalue weighted by Gasteiger charge is 1.97. The number of nitrogens with zero attached hydrogens (tertiary/aromatic N) is 1. The molecule has 0 saturated heterocycles. The molecule has 0 unspecified atom stereocenters. The van der Waals surface area contributed by atoms with Gasteiger partial charge in [0.2, 0.25) is 0 Å². The lowest BCUT2D eigenvalue weighted by molar-refractivity contribution is 0.548. The van der Waals surface area contributed by atoms with E-state index in [0.717, 1.165) is 6.42 Å². The van der Waals surface area contributed by atoms with Gasteiger partial charge < -0.3 is 0 Å². The van der Waals surface area contributed by atoms with Crippen molar-refractivity contribution in [3.63, 3.8) is 0 Å². The normalized spacial score (nSPS) is 12.4. The van der Waals surface area contributed by atoms with Crippen molar-refractivity contribution in [1.82, 2.24) is 0 Å². The highest BCUT2D eigenvalue weighted by molar-refractivity contribution is 4.77. The van der Waals surface area contributed by atoms with Gasteiger partial charge in [-0.3, -0.25) is 0 Å². The fourth-order valence-electron chi connectivity index (χ4n) is 1.30. The molecule has 0 aromatic rings. The van der Waals surface area contributed by atoms with Gasteiger partial charge in [0.1, 0.15) is 0 Å². The van der Waals surface area contributed by atoms with E-state index in [1.807, 2.05) is 6.92 Å². The molecule has 0 bridgehead atoms. The van der Waals surface area contributed by atoms with Crippen LogP contribution in [0.2, 0.25) is 0 Å². The SMILES string of the molecule is CCCCCCCC[C@@H](C)C#N. The highest BCUT2D eigenvalue weighted by Crippen LogP contribution is 2.10. The molecule has 1 atom stereocenters. The number of unbranched alkanes of at least 4 members (excludes halogenated alkanes) is 5. The summed E-state index contributed by atoms with van der Waals surface area (Å²) in [5, 5.41) is 8.53. The number of hydrogen-bond donors (Lipinski definition) is 0. The first-order chi connectivity index (χ1) is 5.81. The Kier molecular flexibility index (Phi) is 8.22. The maximum Gasteiger partial charge on any atom is 0.0652 e. The van der Waals surface area contributed by atoms with E-state index >= 15 is 0 Å². The molecule has 0 aliphatic carbocycles. The molecule has 12 heavy (non-hydrogen) atoms. The first-order valence-corrected chi connectivity index (χ1v) is 5.20. The Morgan fingerprint density at radius 3 is 2.25 bits per heavy atom. The van der Waals surface area contributed by atoms with Crippen LogP contribution in [0.3, 0.4) is 0 Å². The van der Waals surface area contributed by atoms with Crippen LogP contribution in [0.5, 0.6) is 0 Å². The maximum atomic E-state index is 8.53. The lowest BCUT2D eigenvalue weighted by Gasteiger charge is -2.01. The molecular weight excluding hydrogens is 146 g/mol. The zero-order valence-electron chi connectivity index (χ0n) is 8.47. The molecule has 1 heteroatoms. The summed E-state index contributed by atoms with van der Waals surface area (Å²) in [6.07, 6.45) is 9.04. The van der Waals surface area contributed by atoms with Gasteiger partial charge in [-0.05, 0) is 13.3 Å². The summed E-state index contributed by atoms with van der Waals surface area (Å²) < 4.78 is 0. The first kappa shape index (κ1) is 11.5. The fraction of sp³-hybridized carbons (Fsp3) is 0.909. The standard InChI is InChI=1S/C11H21N/c1-3-4-5-6-7-8-9-11(2)10-12/h11H,3-9H2,1-2H3/t11-/m1/s1. The minimum atomic E-state index is 0.260. The minimum absolute atomic E-state index is 0.260. The average Bonchev–Trinajstić information content (AvgIpc) is 2.10. The Balaban J connectivity index is 2.96. The van der Waals surface area contributed by atoms with E-state index in [0.29, 0.717) is 0 Å². The minimum Gasteiger partial charge on any atom is -0.198 e. The topological polar surface area (TPSA) is 23.8 Å². The van der Waals surface area contributed by atoms with E-state index in [1.165, 1.54) is 38.5 Å². The smallest absolute Gasteiger partial charge is 0.0652 e. The van der Waals surface area contributed by atoms with Crippen LogP contribution in [0.25, 0.3) is 0 Å². The summed E-state index contributed by atoms with van der Waals surface area (Å²) in [5.74, 6) is 0.260. The largest absolute Gasteiger partial charge is 0.198 e. The molecule has 0 N–H and O–H groups in total. The Hall–Kier alpha value is -0.510. The zero-order chi connectivity index (χ0) is 9.23. The van der Waals surface area contributed by atoms with Gasteiger partial charge in [-0.25, -0.2) is 0 Å². The summed E-state index contributed by atoms with van der Waals surface area (Å²) in [6, 6.07) is 2.27. The highest BCUT2D eigenvalue weighted by atomic mass is 14.3. The molecule has 0 radical (unpaired) electrons. The second kappa shape index (κ2) is 8.59. The van der Waals surface area contributed by atoms with E-state index < -0.39 is 0 Å². The molecule has 0 fully saturated rings. The molecule has 0 heterocycles. The lowest BCUT2D eigenvalue weighted by atomic mass is 10.0. The second-order valence-corrected chi connectivity index (χ2v) is 3.59. The third kappa shape index (κ3) is 7.60. The lowest BCUT2D eigenvalue weighted by Crippen LogP contribution is -1.89. The third-order valence-corrected chi connectivity index (χ3v) is 2.21. The Morgan fingerprint density at radius 1 is 1.08 bits per heavy atom. The summed E-state index contributed by atoms with van der Waals surface area (Å²) >= 11 is 0. The predicted molar refractivity (Wildman–Crippen MR) is 52.8 cm³/mol. The molecule has 0 amide bonds. The van der Waals surface area contributed by atoms with Gasteiger partial charge in [-0.15, -0.1) is 0 Å². The molecule has 0 aromatic carbocycles. The second-order valence-electron chi connectivity index (χ2n) is 3.59. The number of hydrogen-bond acceptors (Lipinski definition) is 1. The van der Waals surface area contributed by atoms with Gasteiger partial charge in [-0.1, -0.05) is 45.4 Å². The zero-order valence-corrected chi connectivity index (χ0v) is 8.47. The number of rotatable bonds is 7. The quantitative estimate of drug-likeness (QED) is 0.527. The first-order valence-electron chi connectivity index (χ1n) is 5.20. The van der Waals surface area contributed by atoms with Crippen molar-refractivity contribution in [2.24, 2.45) is 5.92 Å². The molecule has 70 valence electrons. The van der Waals surface area contributed by atoms with Gasteiger partial charge in [0, 0.05) is 5.92 Å². The Labute approximate surface area is 76.8 Å². The van der Waals surface area contributed by atoms with Crippen LogP contribution < -0.4 is 0 Å². The molecule has 0 aliphatic rings. The summed E-state index contributed by atoms with van der Waals surface area (Å²) in [7, 11) is 0. The van der Waals surface area contributed by atoms with Crippen molar-refractivity contribution in [3.8, 4) is 6.07 Å². The van der Waals surface area contributed by atoms with E-state index in [1.54, 1.807) is 0 Å². The van der Waals surface area contributed by atoms with Crippen molar-refractivity contribution in [1.29, 1.82) is 5.26 Å². The van der Waals surface area contributed by atoms with Crippen LogP contribution in [0.4, 0.5) is 0 Å². The van der Waals surface area contributed by atoms with Crippen LogP contribution in [0.1, 0.15) is 58.8 Å². The van der Waals surface area contributed by atoms with E-state index in [-0.39, 0.29) is 5.92 Å². The van der Waals surface area contributed by atoms with Crippen molar-refractivity contribution < 1.29 is 0 Å². The van der Waals surface area contributed by atoms with Gasteiger partial charge >= 0.3 is 0 Å². The van der Waals surface area contributed by atoms with Gasteiger partial charge in [-0.2, -0.15) is 5.26 Å². The van der Waals surface area contributed by atoms with Crippen LogP contribution in [-0.2, 0) is 0 Å². The van der Waals surface area contributed by atoms with Crippen molar-refractivity contribution >= 4 is 0 Å². The molecule has 0 spiro atoms. The predicted octanol–water partition coefficient (Wildman–Crippen LogP) is 3.90. The van der Waals surface area contributed by atoms with E-state index in [4.69, 9.17) is 5.26 Å². The summed E-state index contributed by atoms with van der Waals surface area (Å²) in [6.45, 7) is 4.24. The fourth-order valence-corrected chi connectivity index (χ4v) is 1.30. The van der Waals surface area contributed by atoms with Gasteiger partial charge in [0.15, 0.2) is 0 Å². The van der Waals surface area contributed by atoms with Crippen molar-refractivity contribution in [3.05, 3.63) is 0 Å². The molecule has 0 aliphatic heterocycles. The van der Waals surface area contributed by atoms with Crippen LogP contribution in [0.15, 0.2) is 0 Å². The maximum absolute atomic E-state index is 8.53. The third-order valence-electron chi connectivity index (χ3n) is 2.21. The van der Waals surface area contributed by atoms with Crippen molar-refractivity contribution in [2.75, 3.05) is 0 Å². The van der Waals surface area contributed by atoms with Crippen LogP contribution in [-0.4, -0.2) is 0 Å². The summed E-state index contributed by atoms with van der Waals surface area (Å²) in [4.78, 5) is 0. The molecule has 0 saturated carbocycles. The Bertz CT molecular complexity index is 123. The number of nitriles is 1.